The Morgan fingerprint density at radius 2 is 2.22 bits per heavy atom. The molecule has 0 aliphatic carbocycles. The largest absolute Gasteiger partial charge is 0.350 e. The molecular formula is C15H21N3. The molecule has 0 radical (unpaired) electrons. The summed E-state index contributed by atoms with van der Waals surface area (Å²) in [5.41, 5.74) is 9.75. The van der Waals surface area contributed by atoms with Gasteiger partial charge < -0.3 is 10.3 Å². The fourth-order valence-corrected chi connectivity index (χ4v) is 2.17. The zero-order valence-corrected chi connectivity index (χ0v) is 11.1. The van der Waals surface area contributed by atoms with Crippen LogP contribution < -0.4 is 5.73 Å². The monoisotopic (exact) mass is 243 g/mol. The zero-order valence-electron chi connectivity index (χ0n) is 11.1. The quantitative estimate of drug-likeness (QED) is 0.877. The second-order valence-electron chi connectivity index (χ2n) is 4.88. The van der Waals surface area contributed by atoms with Crippen LogP contribution in [-0.4, -0.2) is 9.55 Å². The van der Waals surface area contributed by atoms with Gasteiger partial charge in [0.2, 0.25) is 0 Å². The van der Waals surface area contributed by atoms with Crippen LogP contribution in [0.4, 0.5) is 0 Å². The lowest BCUT2D eigenvalue weighted by atomic mass is 10.1. The van der Waals surface area contributed by atoms with Gasteiger partial charge in [-0.05, 0) is 36.1 Å². The van der Waals surface area contributed by atoms with E-state index in [4.69, 9.17) is 5.73 Å². The molecule has 0 bridgehead atoms. The number of nitrogens with two attached hydrogens (primary N) is 1. The molecule has 0 fully saturated rings. The predicted molar refractivity (Wildman–Crippen MR) is 74.3 cm³/mol. The summed E-state index contributed by atoms with van der Waals surface area (Å²) in [5, 5.41) is 0. The van der Waals surface area contributed by atoms with Gasteiger partial charge in [0.25, 0.3) is 0 Å². The highest BCUT2D eigenvalue weighted by Gasteiger charge is 2.06. The third kappa shape index (κ3) is 3.20. The van der Waals surface area contributed by atoms with E-state index in [1.165, 1.54) is 16.7 Å². The molecule has 1 atom stereocenters. The van der Waals surface area contributed by atoms with Crippen molar-refractivity contribution in [2.45, 2.75) is 39.3 Å². The summed E-state index contributed by atoms with van der Waals surface area (Å²) in [4.78, 5) is 4.21. The van der Waals surface area contributed by atoms with Crippen molar-refractivity contribution in [1.29, 1.82) is 0 Å². The van der Waals surface area contributed by atoms with Crippen LogP contribution in [0.1, 0.15) is 42.5 Å². The minimum Gasteiger partial charge on any atom is -0.350 e. The molecule has 2 N–H and O–H groups in total. The molecule has 18 heavy (non-hydrogen) atoms. The molecule has 0 saturated heterocycles. The lowest BCUT2D eigenvalue weighted by Gasteiger charge is -2.08. The van der Waals surface area contributed by atoms with Gasteiger partial charge in [-0.3, -0.25) is 4.98 Å². The van der Waals surface area contributed by atoms with Gasteiger partial charge >= 0.3 is 0 Å². The first kappa shape index (κ1) is 12.8. The highest BCUT2D eigenvalue weighted by molar-refractivity contribution is 5.20. The van der Waals surface area contributed by atoms with E-state index in [-0.39, 0.29) is 6.04 Å². The van der Waals surface area contributed by atoms with Crippen molar-refractivity contribution in [2.75, 3.05) is 0 Å². The SMILES string of the molecule is CCCC(N)c1ccn(Cc2cncc(C)c2)c1. The van der Waals surface area contributed by atoms with E-state index in [2.05, 4.69) is 47.9 Å². The van der Waals surface area contributed by atoms with Crippen molar-refractivity contribution in [2.24, 2.45) is 5.73 Å². The second kappa shape index (κ2) is 5.83. The summed E-state index contributed by atoms with van der Waals surface area (Å²) in [6.07, 6.45) is 10.2. The molecule has 0 aliphatic heterocycles. The average Bonchev–Trinajstić information content (AvgIpc) is 2.78. The van der Waals surface area contributed by atoms with Gasteiger partial charge in [-0.25, -0.2) is 0 Å². The third-order valence-electron chi connectivity index (χ3n) is 3.10. The first-order chi connectivity index (χ1) is 8.69. The molecule has 2 rings (SSSR count). The summed E-state index contributed by atoms with van der Waals surface area (Å²) >= 11 is 0. The van der Waals surface area contributed by atoms with Crippen LogP contribution in [0.2, 0.25) is 0 Å². The standard InChI is InChI=1S/C15H21N3/c1-3-4-15(16)14-5-6-18(11-14)10-13-7-12(2)8-17-9-13/h5-9,11,15H,3-4,10,16H2,1-2H3. The van der Waals surface area contributed by atoms with Gasteiger partial charge in [-0.2, -0.15) is 0 Å². The predicted octanol–water partition coefficient (Wildman–Crippen LogP) is 3.04. The van der Waals surface area contributed by atoms with Crippen LogP contribution in [0.5, 0.6) is 0 Å². The van der Waals surface area contributed by atoms with Crippen LogP contribution >= 0.6 is 0 Å². The molecule has 3 heteroatoms. The number of aryl methyl sites for hydroxylation is 1. The number of aromatic nitrogens is 2. The van der Waals surface area contributed by atoms with Crippen molar-refractivity contribution < 1.29 is 0 Å². The lowest BCUT2D eigenvalue weighted by molar-refractivity contribution is 0.636. The van der Waals surface area contributed by atoms with E-state index in [0.717, 1.165) is 19.4 Å². The Morgan fingerprint density at radius 1 is 1.39 bits per heavy atom. The molecule has 0 aromatic carbocycles. The summed E-state index contributed by atoms with van der Waals surface area (Å²) < 4.78 is 2.17. The summed E-state index contributed by atoms with van der Waals surface area (Å²) in [6.45, 7) is 5.08. The molecule has 2 aromatic heterocycles. The van der Waals surface area contributed by atoms with Crippen LogP contribution in [0, 0.1) is 6.92 Å². The normalized spacial score (nSPS) is 12.6. The van der Waals surface area contributed by atoms with E-state index in [9.17, 15) is 0 Å². The number of hydrogen-bond acceptors (Lipinski definition) is 2. The fraction of sp³-hybridized carbons (Fsp3) is 0.400. The summed E-state index contributed by atoms with van der Waals surface area (Å²) in [6, 6.07) is 4.44. The highest BCUT2D eigenvalue weighted by Crippen LogP contribution is 2.16. The molecule has 0 aliphatic rings. The molecular weight excluding hydrogens is 222 g/mol. The molecule has 3 nitrogen and oxygen atoms in total. The second-order valence-corrected chi connectivity index (χ2v) is 4.88. The highest BCUT2D eigenvalue weighted by atomic mass is 14.9. The van der Waals surface area contributed by atoms with E-state index in [1.54, 1.807) is 0 Å². The third-order valence-corrected chi connectivity index (χ3v) is 3.10. The van der Waals surface area contributed by atoms with Crippen molar-refractivity contribution >= 4 is 0 Å². The Hall–Kier alpha value is -1.61. The Morgan fingerprint density at radius 3 is 2.94 bits per heavy atom. The Bertz CT molecular complexity index is 502. The van der Waals surface area contributed by atoms with Crippen molar-refractivity contribution in [3.05, 3.63) is 53.6 Å². The number of nitrogens with zero attached hydrogens (tertiary/aromatic N) is 2. The van der Waals surface area contributed by atoms with Crippen LogP contribution in [0.25, 0.3) is 0 Å². The van der Waals surface area contributed by atoms with Gasteiger partial charge in [0.15, 0.2) is 0 Å². The van der Waals surface area contributed by atoms with Crippen LogP contribution in [0.3, 0.4) is 0 Å². The zero-order chi connectivity index (χ0) is 13.0. The Kier molecular flexibility index (Phi) is 4.15. The van der Waals surface area contributed by atoms with Crippen LogP contribution in [-0.2, 0) is 6.54 Å². The number of pyridine rings is 1. The molecule has 96 valence electrons. The van der Waals surface area contributed by atoms with Gasteiger partial charge in [-0.15, -0.1) is 0 Å². The van der Waals surface area contributed by atoms with Gasteiger partial charge in [0.05, 0.1) is 0 Å². The van der Waals surface area contributed by atoms with Crippen LogP contribution in [0.15, 0.2) is 36.9 Å². The molecule has 2 heterocycles. The smallest absolute Gasteiger partial charge is 0.0485 e. The van der Waals surface area contributed by atoms with E-state index in [0.29, 0.717) is 0 Å². The summed E-state index contributed by atoms with van der Waals surface area (Å²) in [5.74, 6) is 0. The maximum atomic E-state index is 6.11. The molecule has 2 aromatic rings. The average molecular weight is 243 g/mol. The number of rotatable bonds is 5. The molecule has 0 saturated carbocycles. The lowest BCUT2D eigenvalue weighted by Crippen LogP contribution is -2.08. The molecule has 0 spiro atoms. The van der Waals surface area contributed by atoms with E-state index < -0.39 is 0 Å². The topological polar surface area (TPSA) is 43.8 Å². The van der Waals surface area contributed by atoms with E-state index >= 15 is 0 Å². The molecule has 0 amide bonds. The van der Waals surface area contributed by atoms with Gasteiger partial charge in [0, 0.05) is 37.4 Å². The minimum absolute atomic E-state index is 0.159. The maximum absolute atomic E-state index is 6.11. The van der Waals surface area contributed by atoms with Crippen molar-refractivity contribution in [3.63, 3.8) is 0 Å². The molecule has 1 unspecified atom stereocenters. The first-order valence-electron chi connectivity index (χ1n) is 6.51. The summed E-state index contributed by atoms with van der Waals surface area (Å²) in [7, 11) is 0. The van der Waals surface area contributed by atoms with Crippen molar-refractivity contribution in [3.8, 4) is 0 Å². The van der Waals surface area contributed by atoms with E-state index in [1.807, 2.05) is 12.4 Å². The number of hydrogen-bond donors (Lipinski definition) is 1. The minimum atomic E-state index is 0.159. The van der Waals surface area contributed by atoms with Crippen molar-refractivity contribution in [1.82, 2.24) is 9.55 Å². The van der Waals surface area contributed by atoms with Gasteiger partial charge in [-0.1, -0.05) is 19.4 Å². The maximum Gasteiger partial charge on any atom is 0.0485 e. The Balaban J connectivity index is 2.06. The Labute approximate surface area is 109 Å². The van der Waals surface area contributed by atoms with Gasteiger partial charge in [0.1, 0.15) is 0 Å². The first-order valence-corrected chi connectivity index (χ1v) is 6.51. The fourth-order valence-electron chi connectivity index (χ4n) is 2.17.